The molecule has 1 heterocycles. The maximum atomic E-state index is 14.2. The lowest BCUT2D eigenvalue weighted by atomic mass is 9.75. The molecule has 7 heteroatoms. The summed E-state index contributed by atoms with van der Waals surface area (Å²) in [4.78, 5) is 0. The van der Waals surface area contributed by atoms with Gasteiger partial charge in [0, 0.05) is 11.5 Å². The zero-order valence-corrected chi connectivity index (χ0v) is 14.3. The molecule has 0 radical (unpaired) electrons. The van der Waals surface area contributed by atoms with E-state index in [0.717, 1.165) is 10.6 Å². The summed E-state index contributed by atoms with van der Waals surface area (Å²) in [5, 5.41) is 19.2. The quantitative estimate of drug-likeness (QED) is 0.905. The van der Waals surface area contributed by atoms with Gasteiger partial charge in [-0.1, -0.05) is 42.5 Å². The number of nitrogens with zero attached hydrogens (tertiary/aromatic N) is 2. The Kier molecular flexibility index (Phi) is 4.60. The average Bonchev–Trinajstić information content (AvgIpc) is 2.54. The van der Waals surface area contributed by atoms with E-state index in [9.17, 15) is 23.2 Å². The molecule has 1 saturated heterocycles. The highest BCUT2D eigenvalue weighted by Crippen LogP contribution is 2.45. The van der Waals surface area contributed by atoms with E-state index < -0.39 is 40.4 Å². The van der Waals surface area contributed by atoms with Crippen molar-refractivity contribution in [1.82, 2.24) is 4.31 Å². The predicted molar refractivity (Wildman–Crippen MR) is 91.5 cm³/mol. The van der Waals surface area contributed by atoms with E-state index >= 15 is 0 Å². The first-order chi connectivity index (χ1) is 11.9. The lowest BCUT2D eigenvalue weighted by molar-refractivity contribution is 0.0566. The first kappa shape index (κ1) is 17.5. The third kappa shape index (κ3) is 2.93. The summed E-state index contributed by atoms with van der Waals surface area (Å²) in [7, 11) is -3.64. The van der Waals surface area contributed by atoms with Gasteiger partial charge >= 0.3 is 0 Å². The van der Waals surface area contributed by atoms with Gasteiger partial charge in [-0.05, 0) is 17.2 Å². The Morgan fingerprint density at radius 3 is 2.32 bits per heavy atom. The molecule has 2 aromatic rings. The van der Waals surface area contributed by atoms with Gasteiger partial charge in [0.1, 0.15) is 11.9 Å². The van der Waals surface area contributed by atoms with Crippen LogP contribution in [0.2, 0.25) is 0 Å². The molecular weight excluding hydrogens is 343 g/mol. The highest BCUT2D eigenvalue weighted by atomic mass is 32.2. The molecule has 1 aliphatic heterocycles. The average molecular weight is 360 g/mol. The number of rotatable bonds is 4. The molecule has 0 unspecified atom stereocenters. The van der Waals surface area contributed by atoms with Gasteiger partial charge < -0.3 is 5.11 Å². The minimum Gasteiger partial charge on any atom is -0.395 e. The van der Waals surface area contributed by atoms with E-state index in [2.05, 4.69) is 0 Å². The van der Waals surface area contributed by atoms with E-state index in [1.54, 1.807) is 42.5 Å². The molecule has 0 aliphatic carbocycles. The molecule has 2 aromatic carbocycles. The number of aliphatic hydroxyl groups excluding tert-OH is 1. The standard InChI is InChI=1S/C18H17FN2O3S/c1-25(23,24)21-16(10-20)18(17(21)11-22)14-8-3-2-6-12(14)13-7-4-5-9-15(13)19/h2-9,16-18,22H,11H2,1H3/t16-,17-,18+/m1/s1. The molecule has 0 aromatic heterocycles. The Hall–Kier alpha value is -2.27. The zero-order chi connectivity index (χ0) is 18.2. The van der Waals surface area contributed by atoms with Gasteiger partial charge in [-0.3, -0.25) is 0 Å². The lowest BCUT2D eigenvalue weighted by Gasteiger charge is -2.50. The van der Waals surface area contributed by atoms with Crippen LogP contribution in [-0.2, 0) is 10.0 Å². The summed E-state index contributed by atoms with van der Waals surface area (Å²) < 4.78 is 39.2. The number of nitriles is 1. The molecule has 5 nitrogen and oxygen atoms in total. The van der Waals surface area contributed by atoms with Gasteiger partial charge in [0.2, 0.25) is 10.0 Å². The van der Waals surface area contributed by atoms with E-state index in [-0.39, 0.29) is 0 Å². The van der Waals surface area contributed by atoms with Gasteiger partial charge in [-0.2, -0.15) is 9.57 Å². The number of aliphatic hydroxyl groups is 1. The van der Waals surface area contributed by atoms with Crippen molar-refractivity contribution in [2.24, 2.45) is 0 Å². The maximum Gasteiger partial charge on any atom is 0.212 e. The zero-order valence-electron chi connectivity index (χ0n) is 13.5. The van der Waals surface area contributed by atoms with Crippen LogP contribution in [0.3, 0.4) is 0 Å². The number of benzene rings is 2. The summed E-state index contributed by atoms with van der Waals surface area (Å²) in [6, 6.07) is 13.6. The van der Waals surface area contributed by atoms with Gasteiger partial charge in [0.05, 0.1) is 25.0 Å². The first-order valence-corrected chi connectivity index (χ1v) is 9.57. The summed E-state index contributed by atoms with van der Waals surface area (Å²) in [6.45, 7) is -0.415. The molecule has 0 amide bonds. The highest BCUT2D eigenvalue weighted by Gasteiger charge is 2.54. The van der Waals surface area contributed by atoms with Crippen LogP contribution in [0.1, 0.15) is 11.5 Å². The first-order valence-electron chi connectivity index (χ1n) is 7.73. The Morgan fingerprint density at radius 1 is 1.16 bits per heavy atom. The second-order valence-electron chi connectivity index (χ2n) is 6.01. The summed E-state index contributed by atoms with van der Waals surface area (Å²) in [5.41, 5.74) is 1.62. The van der Waals surface area contributed by atoms with E-state index in [0.29, 0.717) is 16.7 Å². The topological polar surface area (TPSA) is 81.4 Å². The number of sulfonamides is 1. The number of hydrogen-bond acceptors (Lipinski definition) is 4. The minimum absolute atomic E-state index is 0.379. The van der Waals surface area contributed by atoms with Crippen molar-refractivity contribution in [2.75, 3.05) is 12.9 Å². The van der Waals surface area contributed by atoms with Crippen molar-refractivity contribution >= 4 is 10.0 Å². The van der Waals surface area contributed by atoms with E-state index in [4.69, 9.17) is 0 Å². The third-order valence-electron chi connectivity index (χ3n) is 4.54. The molecule has 3 rings (SSSR count). The fraction of sp³-hybridized carbons (Fsp3) is 0.278. The molecular formula is C18H17FN2O3S. The molecule has 25 heavy (non-hydrogen) atoms. The van der Waals surface area contributed by atoms with Gasteiger partial charge in [-0.15, -0.1) is 0 Å². The van der Waals surface area contributed by atoms with Crippen LogP contribution in [0.25, 0.3) is 11.1 Å². The monoisotopic (exact) mass is 360 g/mol. The molecule has 130 valence electrons. The highest BCUT2D eigenvalue weighted by molar-refractivity contribution is 7.88. The van der Waals surface area contributed by atoms with Crippen molar-refractivity contribution in [3.05, 3.63) is 59.9 Å². The van der Waals surface area contributed by atoms with Crippen LogP contribution in [0.5, 0.6) is 0 Å². The van der Waals surface area contributed by atoms with Crippen LogP contribution in [0.4, 0.5) is 4.39 Å². The van der Waals surface area contributed by atoms with Crippen LogP contribution in [0, 0.1) is 17.1 Å². The molecule has 0 spiro atoms. The van der Waals surface area contributed by atoms with Crippen molar-refractivity contribution < 1.29 is 17.9 Å². The third-order valence-corrected chi connectivity index (χ3v) is 5.81. The smallest absolute Gasteiger partial charge is 0.212 e. The Labute approximate surface area is 146 Å². The number of hydrogen-bond donors (Lipinski definition) is 1. The van der Waals surface area contributed by atoms with E-state index in [1.165, 1.54) is 6.07 Å². The fourth-order valence-corrected chi connectivity index (χ4v) is 4.79. The molecule has 0 saturated carbocycles. The molecule has 1 N–H and O–H groups in total. The SMILES string of the molecule is CS(=O)(=O)N1[C@H](C#N)[C@H](c2ccccc2-c2ccccc2F)[C@H]1CO. The molecule has 0 bridgehead atoms. The molecule has 1 aliphatic rings. The van der Waals surface area contributed by atoms with Crippen LogP contribution >= 0.6 is 0 Å². The van der Waals surface area contributed by atoms with Gasteiger partial charge in [0.25, 0.3) is 0 Å². The molecule has 3 atom stereocenters. The maximum absolute atomic E-state index is 14.2. The molecule has 1 fully saturated rings. The van der Waals surface area contributed by atoms with Crippen molar-refractivity contribution in [3.8, 4) is 17.2 Å². The second kappa shape index (κ2) is 6.56. The van der Waals surface area contributed by atoms with Crippen molar-refractivity contribution in [3.63, 3.8) is 0 Å². The van der Waals surface area contributed by atoms with Crippen LogP contribution < -0.4 is 0 Å². The number of halogens is 1. The van der Waals surface area contributed by atoms with Gasteiger partial charge in [-0.25, -0.2) is 12.8 Å². The van der Waals surface area contributed by atoms with Crippen molar-refractivity contribution in [2.45, 2.75) is 18.0 Å². The largest absolute Gasteiger partial charge is 0.395 e. The Morgan fingerprint density at radius 2 is 1.76 bits per heavy atom. The van der Waals surface area contributed by atoms with Crippen molar-refractivity contribution in [1.29, 1.82) is 5.26 Å². The van der Waals surface area contributed by atoms with Gasteiger partial charge in [0.15, 0.2) is 0 Å². The summed E-state index contributed by atoms with van der Waals surface area (Å²) in [5.74, 6) is -0.927. The predicted octanol–water partition coefficient (Wildman–Crippen LogP) is 2.10. The van der Waals surface area contributed by atoms with Crippen LogP contribution in [0.15, 0.2) is 48.5 Å². The Balaban J connectivity index is 2.12. The fourth-order valence-electron chi connectivity index (χ4n) is 3.51. The Bertz CT molecular complexity index is 939. The lowest BCUT2D eigenvalue weighted by Crippen LogP contribution is -2.64. The summed E-state index contributed by atoms with van der Waals surface area (Å²) in [6.07, 6.45) is 1.01. The second-order valence-corrected chi connectivity index (χ2v) is 7.90. The minimum atomic E-state index is -3.64. The summed E-state index contributed by atoms with van der Waals surface area (Å²) >= 11 is 0. The normalized spacial score (nSPS) is 23.7. The van der Waals surface area contributed by atoms with E-state index in [1.807, 2.05) is 6.07 Å². The van der Waals surface area contributed by atoms with Crippen LogP contribution in [-0.4, -0.2) is 42.8 Å².